The molecular weight excluding hydrogens is 490 g/mol. The minimum atomic E-state index is -1.83. The normalized spacial score (nSPS) is 14.8. The molecule has 10 N–H and O–H groups in total. The Bertz CT molecular complexity index is 999. The second kappa shape index (κ2) is 14.4. The van der Waals surface area contributed by atoms with Crippen LogP contribution in [0.15, 0.2) is 24.3 Å². The first kappa shape index (κ1) is 30.8. The van der Waals surface area contributed by atoms with E-state index in [0.717, 1.165) is 0 Å². The van der Waals surface area contributed by atoms with Gasteiger partial charge in [-0.3, -0.25) is 24.0 Å². The second-order valence-electron chi connectivity index (χ2n) is 8.57. The largest absolute Gasteiger partial charge is 0.508 e. The van der Waals surface area contributed by atoms with Crippen molar-refractivity contribution in [2.75, 3.05) is 0 Å². The van der Waals surface area contributed by atoms with Crippen LogP contribution in [0.4, 0.5) is 0 Å². The average molecular weight is 524 g/mol. The summed E-state index contributed by atoms with van der Waals surface area (Å²) in [6.07, 6.45) is -1.19. The molecule has 0 fully saturated rings. The smallest absolute Gasteiger partial charge is 0.326 e. The number of phenolic OH excluding ortho intramolecular Hbond substituents is 1. The summed E-state index contributed by atoms with van der Waals surface area (Å²) in [4.78, 5) is 72.2. The number of aliphatic carboxylic acids is 2. The van der Waals surface area contributed by atoms with E-state index in [1.807, 2.05) is 12.2 Å². The molecular formula is C23H33N5O9. The summed E-state index contributed by atoms with van der Waals surface area (Å²) in [7, 11) is 0. The summed E-state index contributed by atoms with van der Waals surface area (Å²) >= 11 is 0. The monoisotopic (exact) mass is 523 g/mol. The van der Waals surface area contributed by atoms with E-state index >= 15 is 0 Å². The Morgan fingerprint density at radius 1 is 0.838 bits per heavy atom. The quantitative estimate of drug-likeness (QED) is 0.128. The number of benzene rings is 1. The van der Waals surface area contributed by atoms with Gasteiger partial charge in [-0.1, -0.05) is 32.4 Å². The van der Waals surface area contributed by atoms with Crippen LogP contribution < -0.4 is 27.4 Å². The maximum Gasteiger partial charge on any atom is 0.326 e. The van der Waals surface area contributed by atoms with E-state index in [-0.39, 0.29) is 18.1 Å². The number of hydrogen-bond donors (Lipinski definition) is 8. The molecule has 0 radical (unpaired) electrons. The number of hydrogen-bond acceptors (Lipinski definition) is 8. The molecule has 5 unspecified atom stereocenters. The summed E-state index contributed by atoms with van der Waals surface area (Å²) in [6, 6.07) is 0.0212. The highest BCUT2D eigenvalue weighted by molar-refractivity contribution is 5.96. The number of rotatable bonds is 15. The molecule has 204 valence electrons. The van der Waals surface area contributed by atoms with Gasteiger partial charge < -0.3 is 42.7 Å². The first-order valence-electron chi connectivity index (χ1n) is 11.4. The standard InChI is InChI=1S/C23H33N5O9/c1-3-11(2)19(25)22(35)27-14(8-12-4-6-13(29)7-5-12)20(33)26-15(9-17(24)30)21(34)28-16(23(36)37)10-18(31)32/h4-7,11,14-16,19,29H,3,8-10,25H2,1-2H3,(H2,24,30)(H,26,33)(H,27,35)(H,28,34)(H,31,32)(H,36,37). The molecule has 0 bridgehead atoms. The Hall–Kier alpha value is -4.20. The van der Waals surface area contributed by atoms with Crippen LogP contribution in [-0.4, -0.2) is 75.1 Å². The van der Waals surface area contributed by atoms with Gasteiger partial charge >= 0.3 is 11.9 Å². The third-order valence-electron chi connectivity index (χ3n) is 5.60. The zero-order valence-corrected chi connectivity index (χ0v) is 20.5. The van der Waals surface area contributed by atoms with Gasteiger partial charge in [-0.15, -0.1) is 0 Å². The number of carboxylic acid groups (broad SMARTS) is 2. The fourth-order valence-corrected chi connectivity index (χ4v) is 3.19. The van der Waals surface area contributed by atoms with Crippen LogP contribution in [0.2, 0.25) is 0 Å². The summed E-state index contributed by atoms with van der Waals surface area (Å²) in [5, 5.41) is 34.3. The lowest BCUT2D eigenvalue weighted by Crippen LogP contribution is -2.58. The molecule has 0 heterocycles. The van der Waals surface area contributed by atoms with Gasteiger partial charge in [-0.25, -0.2) is 4.79 Å². The van der Waals surface area contributed by atoms with Gasteiger partial charge in [0, 0.05) is 6.42 Å². The van der Waals surface area contributed by atoms with Crippen molar-refractivity contribution in [1.82, 2.24) is 16.0 Å². The number of aromatic hydroxyl groups is 1. The van der Waals surface area contributed by atoms with Gasteiger partial charge in [0.1, 0.15) is 23.9 Å². The molecule has 1 aromatic rings. The van der Waals surface area contributed by atoms with Crippen molar-refractivity contribution in [2.24, 2.45) is 17.4 Å². The number of phenols is 1. The fourth-order valence-electron chi connectivity index (χ4n) is 3.19. The van der Waals surface area contributed by atoms with E-state index in [1.165, 1.54) is 24.3 Å². The Balaban J connectivity index is 3.18. The van der Waals surface area contributed by atoms with Crippen LogP contribution in [0.25, 0.3) is 0 Å². The first-order valence-corrected chi connectivity index (χ1v) is 11.4. The zero-order chi connectivity index (χ0) is 28.3. The molecule has 0 spiro atoms. The molecule has 14 nitrogen and oxygen atoms in total. The zero-order valence-electron chi connectivity index (χ0n) is 20.5. The van der Waals surface area contributed by atoms with Crippen LogP contribution in [0, 0.1) is 5.92 Å². The predicted molar refractivity (Wildman–Crippen MR) is 129 cm³/mol. The molecule has 0 aliphatic heterocycles. The number of amides is 4. The minimum absolute atomic E-state index is 0.0277. The van der Waals surface area contributed by atoms with Crippen molar-refractivity contribution < 1.29 is 44.1 Å². The molecule has 37 heavy (non-hydrogen) atoms. The molecule has 1 rings (SSSR count). The van der Waals surface area contributed by atoms with Crippen molar-refractivity contribution in [3.05, 3.63) is 29.8 Å². The average Bonchev–Trinajstić information content (AvgIpc) is 2.82. The van der Waals surface area contributed by atoms with E-state index in [2.05, 4.69) is 10.6 Å². The van der Waals surface area contributed by atoms with E-state index in [9.17, 15) is 39.0 Å². The Morgan fingerprint density at radius 2 is 1.35 bits per heavy atom. The Labute approximate surface area is 212 Å². The summed E-state index contributed by atoms with van der Waals surface area (Å²) < 4.78 is 0. The number of carbonyl (C=O) groups excluding carboxylic acids is 4. The maximum atomic E-state index is 13.1. The van der Waals surface area contributed by atoms with Gasteiger partial charge in [0.05, 0.1) is 18.9 Å². The van der Waals surface area contributed by atoms with E-state index in [1.54, 1.807) is 6.92 Å². The Kier molecular flexibility index (Phi) is 12.0. The molecule has 0 saturated carbocycles. The summed E-state index contributed by atoms with van der Waals surface area (Å²) in [5.41, 5.74) is 11.7. The van der Waals surface area contributed by atoms with E-state index < -0.39 is 72.6 Å². The maximum absolute atomic E-state index is 13.1. The van der Waals surface area contributed by atoms with Gasteiger partial charge in [-0.05, 0) is 23.6 Å². The number of carboxylic acids is 2. The van der Waals surface area contributed by atoms with E-state index in [4.69, 9.17) is 16.6 Å². The topological polar surface area (TPSA) is 251 Å². The first-order chi connectivity index (χ1) is 17.2. The number of primary amides is 1. The highest BCUT2D eigenvalue weighted by Crippen LogP contribution is 2.13. The fraction of sp³-hybridized carbons (Fsp3) is 0.478. The molecule has 0 saturated heterocycles. The van der Waals surface area contributed by atoms with Gasteiger partial charge in [0.2, 0.25) is 23.6 Å². The van der Waals surface area contributed by atoms with Crippen LogP contribution in [0.3, 0.4) is 0 Å². The predicted octanol–water partition coefficient (Wildman–Crippen LogP) is -1.80. The van der Waals surface area contributed by atoms with Gasteiger partial charge in [-0.2, -0.15) is 0 Å². The highest BCUT2D eigenvalue weighted by Gasteiger charge is 2.32. The van der Waals surface area contributed by atoms with Crippen molar-refractivity contribution in [3.8, 4) is 5.75 Å². The third kappa shape index (κ3) is 10.5. The van der Waals surface area contributed by atoms with Crippen LogP contribution in [-0.2, 0) is 35.2 Å². The molecule has 0 aromatic heterocycles. The molecule has 14 heteroatoms. The molecule has 0 aliphatic rings. The van der Waals surface area contributed by atoms with Gasteiger partial charge in [0.15, 0.2) is 0 Å². The SMILES string of the molecule is CCC(C)C(N)C(=O)NC(Cc1ccc(O)cc1)C(=O)NC(CC(N)=O)C(=O)NC(CC(=O)O)C(=O)O. The van der Waals surface area contributed by atoms with Gasteiger partial charge in [0.25, 0.3) is 0 Å². The highest BCUT2D eigenvalue weighted by atomic mass is 16.4. The summed E-state index contributed by atoms with van der Waals surface area (Å²) in [5.74, 6) is -7.11. The van der Waals surface area contributed by atoms with Crippen LogP contribution >= 0.6 is 0 Å². The third-order valence-corrected chi connectivity index (χ3v) is 5.60. The van der Waals surface area contributed by atoms with Crippen molar-refractivity contribution >= 4 is 35.6 Å². The van der Waals surface area contributed by atoms with Crippen LogP contribution in [0.5, 0.6) is 5.75 Å². The molecule has 0 aliphatic carbocycles. The number of nitrogens with two attached hydrogens (primary N) is 2. The van der Waals surface area contributed by atoms with Crippen molar-refractivity contribution in [1.29, 1.82) is 0 Å². The van der Waals surface area contributed by atoms with Crippen LogP contribution in [0.1, 0.15) is 38.7 Å². The van der Waals surface area contributed by atoms with Crippen molar-refractivity contribution in [3.63, 3.8) is 0 Å². The summed E-state index contributed by atoms with van der Waals surface area (Å²) in [6.45, 7) is 3.59. The molecule has 5 atom stereocenters. The molecule has 4 amide bonds. The Morgan fingerprint density at radius 3 is 1.84 bits per heavy atom. The van der Waals surface area contributed by atoms with Crippen molar-refractivity contribution in [2.45, 2.75) is 63.7 Å². The lowest BCUT2D eigenvalue weighted by Gasteiger charge is -2.25. The lowest BCUT2D eigenvalue weighted by molar-refractivity contribution is -0.147. The lowest BCUT2D eigenvalue weighted by atomic mass is 9.98. The minimum Gasteiger partial charge on any atom is -0.508 e. The number of nitrogens with one attached hydrogen (secondary N) is 3. The second-order valence-corrected chi connectivity index (χ2v) is 8.57. The molecule has 1 aromatic carbocycles. The van der Waals surface area contributed by atoms with E-state index in [0.29, 0.717) is 12.0 Å². The number of carbonyl (C=O) groups is 6.